The molecule has 0 heterocycles. The number of ether oxygens (including phenoxy) is 1. The van der Waals surface area contributed by atoms with Gasteiger partial charge in [-0.2, -0.15) is 0 Å². The Morgan fingerprint density at radius 3 is 2.52 bits per heavy atom. The molecule has 0 aliphatic heterocycles. The summed E-state index contributed by atoms with van der Waals surface area (Å²) in [6.07, 6.45) is 3.44. The first-order valence-corrected chi connectivity index (χ1v) is 9.88. The van der Waals surface area contributed by atoms with Crippen LogP contribution >= 0.6 is 0 Å². The number of rotatable bonds is 7. The summed E-state index contributed by atoms with van der Waals surface area (Å²) in [5.41, 5.74) is 0.718. The average Bonchev–Trinajstić information content (AvgIpc) is 2.65. The standard InChI is InChI=1S/C21H33N3O3/c1-14-7-6-8-19(15(14)2)23-21(26)16(3)24(4)13-20(25)22-17-9-11-18(27-5)12-10-17/h9-12,14-16,19H,6-8,13H2,1-5H3,(H,22,25)(H,23,26)/p+1/t14-,15-,16-,19-/m1/s1. The van der Waals surface area contributed by atoms with Crippen LogP contribution in [0.3, 0.4) is 0 Å². The topological polar surface area (TPSA) is 71.9 Å². The minimum Gasteiger partial charge on any atom is -0.497 e. The van der Waals surface area contributed by atoms with E-state index in [1.165, 1.54) is 6.42 Å². The highest BCUT2D eigenvalue weighted by atomic mass is 16.5. The summed E-state index contributed by atoms with van der Waals surface area (Å²) >= 11 is 0. The fraction of sp³-hybridized carbons (Fsp3) is 0.619. The molecule has 1 aromatic rings. The van der Waals surface area contributed by atoms with Crippen LogP contribution in [-0.2, 0) is 9.59 Å². The van der Waals surface area contributed by atoms with E-state index in [0.717, 1.165) is 29.2 Å². The van der Waals surface area contributed by atoms with E-state index in [1.54, 1.807) is 31.4 Å². The number of anilines is 1. The van der Waals surface area contributed by atoms with Crippen molar-refractivity contribution in [2.45, 2.75) is 52.1 Å². The van der Waals surface area contributed by atoms with E-state index < -0.39 is 0 Å². The highest BCUT2D eigenvalue weighted by molar-refractivity contribution is 5.91. The summed E-state index contributed by atoms with van der Waals surface area (Å²) in [4.78, 5) is 25.8. The molecular formula is C21H34N3O3+. The maximum absolute atomic E-state index is 12.6. The normalized spacial score (nSPS) is 24.6. The third-order valence-electron chi connectivity index (χ3n) is 5.98. The molecule has 6 nitrogen and oxygen atoms in total. The molecule has 5 atom stereocenters. The number of nitrogens with one attached hydrogen (secondary N) is 3. The van der Waals surface area contributed by atoms with Gasteiger partial charge in [0.15, 0.2) is 12.6 Å². The molecule has 6 heteroatoms. The van der Waals surface area contributed by atoms with Gasteiger partial charge < -0.3 is 20.3 Å². The lowest BCUT2D eigenvalue weighted by Crippen LogP contribution is -3.15. The molecule has 1 saturated carbocycles. The third kappa shape index (κ3) is 5.96. The second kappa shape index (κ2) is 9.74. The van der Waals surface area contributed by atoms with Crippen molar-refractivity contribution in [3.8, 4) is 5.75 Å². The molecule has 0 spiro atoms. The molecule has 0 bridgehead atoms. The Hall–Kier alpha value is -2.08. The first kappa shape index (κ1) is 21.2. The Kier molecular flexibility index (Phi) is 7.66. The van der Waals surface area contributed by atoms with Gasteiger partial charge in [-0.25, -0.2) is 0 Å². The molecule has 1 aliphatic rings. The van der Waals surface area contributed by atoms with Crippen molar-refractivity contribution in [1.82, 2.24) is 5.32 Å². The Bertz CT molecular complexity index is 632. The zero-order valence-corrected chi connectivity index (χ0v) is 17.2. The number of likely N-dealkylation sites (N-methyl/N-ethyl adjacent to an activating group) is 1. The van der Waals surface area contributed by atoms with Gasteiger partial charge in [0.05, 0.1) is 14.2 Å². The Labute approximate surface area is 162 Å². The molecule has 150 valence electrons. The van der Waals surface area contributed by atoms with Gasteiger partial charge in [-0.3, -0.25) is 9.59 Å². The summed E-state index contributed by atoms with van der Waals surface area (Å²) in [5, 5.41) is 6.08. The molecule has 0 radical (unpaired) electrons. The van der Waals surface area contributed by atoms with E-state index >= 15 is 0 Å². The lowest BCUT2D eigenvalue weighted by molar-refractivity contribution is -0.885. The summed E-state index contributed by atoms with van der Waals surface area (Å²) in [5.74, 6) is 1.79. The number of carbonyl (C=O) groups is 2. The minimum atomic E-state index is -0.281. The molecule has 1 fully saturated rings. The Morgan fingerprint density at radius 1 is 1.22 bits per heavy atom. The first-order chi connectivity index (χ1) is 12.8. The number of amides is 2. The van der Waals surface area contributed by atoms with Crippen LogP contribution < -0.4 is 20.3 Å². The zero-order valence-electron chi connectivity index (χ0n) is 17.2. The molecule has 1 aromatic carbocycles. The number of hydrogen-bond donors (Lipinski definition) is 3. The fourth-order valence-electron chi connectivity index (χ4n) is 3.60. The van der Waals surface area contributed by atoms with Crippen LogP contribution in [0.1, 0.15) is 40.0 Å². The Morgan fingerprint density at radius 2 is 1.89 bits per heavy atom. The number of benzene rings is 1. The second-order valence-electron chi connectivity index (χ2n) is 7.90. The summed E-state index contributed by atoms with van der Waals surface area (Å²) in [6, 6.07) is 7.16. The van der Waals surface area contributed by atoms with Gasteiger partial charge in [0.1, 0.15) is 5.75 Å². The van der Waals surface area contributed by atoms with Crippen molar-refractivity contribution in [3.63, 3.8) is 0 Å². The van der Waals surface area contributed by atoms with E-state index in [4.69, 9.17) is 4.74 Å². The molecular weight excluding hydrogens is 342 g/mol. The predicted molar refractivity (Wildman–Crippen MR) is 107 cm³/mol. The minimum absolute atomic E-state index is 0.0238. The predicted octanol–water partition coefficient (Wildman–Crippen LogP) is 1.48. The molecule has 1 unspecified atom stereocenters. The van der Waals surface area contributed by atoms with Gasteiger partial charge in [-0.05, 0) is 49.4 Å². The van der Waals surface area contributed by atoms with E-state index in [2.05, 4.69) is 24.5 Å². The van der Waals surface area contributed by atoms with E-state index in [0.29, 0.717) is 11.8 Å². The van der Waals surface area contributed by atoms with Crippen LogP contribution in [0.4, 0.5) is 5.69 Å². The molecule has 2 rings (SSSR count). The summed E-state index contributed by atoms with van der Waals surface area (Å²) < 4.78 is 5.11. The molecule has 2 amide bonds. The zero-order chi connectivity index (χ0) is 20.0. The van der Waals surface area contributed by atoms with Gasteiger partial charge in [0.2, 0.25) is 0 Å². The van der Waals surface area contributed by atoms with Crippen LogP contribution in [0.2, 0.25) is 0 Å². The maximum Gasteiger partial charge on any atom is 0.279 e. The number of carbonyl (C=O) groups excluding carboxylic acids is 2. The van der Waals surface area contributed by atoms with Gasteiger partial charge in [0, 0.05) is 11.7 Å². The lowest BCUT2D eigenvalue weighted by Gasteiger charge is -2.35. The highest BCUT2D eigenvalue weighted by Gasteiger charge is 2.31. The van der Waals surface area contributed by atoms with Crippen molar-refractivity contribution in [3.05, 3.63) is 24.3 Å². The first-order valence-electron chi connectivity index (χ1n) is 9.88. The van der Waals surface area contributed by atoms with Crippen LogP contribution in [-0.4, -0.2) is 44.6 Å². The van der Waals surface area contributed by atoms with Crippen molar-refractivity contribution in [2.24, 2.45) is 11.8 Å². The van der Waals surface area contributed by atoms with Crippen molar-refractivity contribution >= 4 is 17.5 Å². The van der Waals surface area contributed by atoms with Crippen LogP contribution in [0, 0.1) is 11.8 Å². The number of methoxy groups -OCH3 is 1. The number of quaternary nitrogens is 1. The van der Waals surface area contributed by atoms with Crippen molar-refractivity contribution in [2.75, 3.05) is 26.0 Å². The quantitative estimate of drug-likeness (QED) is 0.675. The molecule has 0 aromatic heterocycles. The van der Waals surface area contributed by atoms with E-state index in [-0.39, 0.29) is 30.4 Å². The maximum atomic E-state index is 12.6. The van der Waals surface area contributed by atoms with E-state index in [9.17, 15) is 9.59 Å². The molecule has 3 N–H and O–H groups in total. The van der Waals surface area contributed by atoms with Gasteiger partial charge >= 0.3 is 0 Å². The van der Waals surface area contributed by atoms with Gasteiger partial charge in [0.25, 0.3) is 11.8 Å². The average molecular weight is 377 g/mol. The third-order valence-corrected chi connectivity index (χ3v) is 5.98. The van der Waals surface area contributed by atoms with Crippen LogP contribution in [0.25, 0.3) is 0 Å². The molecule has 1 aliphatic carbocycles. The van der Waals surface area contributed by atoms with Gasteiger partial charge in [-0.1, -0.05) is 26.7 Å². The monoisotopic (exact) mass is 376 g/mol. The molecule has 27 heavy (non-hydrogen) atoms. The molecule has 0 saturated heterocycles. The highest BCUT2D eigenvalue weighted by Crippen LogP contribution is 2.29. The SMILES string of the molecule is COc1ccc(NC(=O)C[NH+](C)[C@H](C)C(=O)N[C@@H]2CCC[C@@H](C)[C@H]2C)cc1. The van der Waals surface area contributed by atoms with Crippen LogP contribution in [0.5, 0.6) is 5.75 Å². The Balaban J connectivity index is 1.83. The lowest BCUT2D eigenvalue weighted by atomic mass is 9.78. The summed E-state index contributed by atoms with van der Waals surface area (Å²) in [7, 11) is 3.48. The summed E-state index contributed by atoms with van der Waals surface area (Å²) in [6.45, 7) is 6.59. The van der Waals surface area contributed by atoms with Crippen molar-refractivity contribution < 1.29 is 19.2 Å². The van der Waals surface area contributed by atoms with E-state index in [1.807, 2.05) is 14.0 Å². The largest absolute Gasteiger partial charge is 0.497 e. The fourth-order valence-corrected chi connectivity index (χ4v) is 3.60. The second-order valence-corrected chi connectivity index (χ2v) is 7.90. The van der Waals surface area contributed by atoms with Gasteiger partial charge in [-0.15, -0.1) is 0 Å². The smallest absolute Gasteiger partial charge is 0.279 e. The van der Waals surface area contributed by atoms with Crippen LogP contribution in [0.15, 0.2) is 24.3 Å². The van der Waals surface area contributed by atoms with Crippen molar-refractivity contribution in [1.29, 1.82) is 0 Å². The number of hydrogen-bond acceptors (Lipinski definition) is 3.